The monoisotopic (exact) mass is 364 g/mol. The summed E-state index contributed by atoms with van der Waals surface area (Å²) < 4.78 is 37.9. The van der Waals surface area contributed by atoms with Gasteiger partial charge in [0, 0.05) is 13.1 Å². The van der Waals surface area contributed by atoms with Crippen LogP contribution >= 0.6 is 0 Å². The third-order valence-electron chi connectivity index (χ3n) is 5.02. The van der Waals surface area contributed by atoms with Crippen molar-refractivity contribution in [1.29, 1.82) is 0 Å². The van der Waals surface area contributed by atoms with E-state index in [2.05, 4.69) is 24.0 Å². The molecule has 1 aromatic carbocycles. The topological polar surface area (TPSA) is 36.4 Å². The standard InChI is InChI=1S/C13H15F3N2O.C7H8/c14-13(15,16)11-2-1-3-12(17-11)18-6-8-4-10(19)5-9(8)7-18;1-7-5-3-2-4-6-7/h1-3,8-10,19H,4-7H2;2-6H,1H3/t8-,9+,10?;. The lowest BCUT2D eigenvalue weighted by Gasteiger charge is -2.20. The molecule has 140 valence electrons. The quantitative estimate of drug-likeness (QED) is 0.820. The van der Waals surface area contributed by atoms with Gasteiger partial charge in [-0.1, -0.05) is 42.0 Å². The maximum Gasteiger partial charge on any atom is 0.433 e. The molecule has 4 rings (SSSR count). The van der Waals surface area contributed by atoms with Crippen molar-refractivity contribution in [3.8, 4) is 0 Å². The number of aryl methyl sites for hydroxylation is 1. The minimum Gasteiger partial charge on any atom is -0.393 e. The Morgan fingerprint density at radius 3 is 2.08 bits per heavy atom. The smallest absolute Gasteiger partial charge is 0.393 e. The Kier molecular flexibility index (Phi) is 5.51. The predicted octanol–water partition coefficient (Wildman–Crippen LogP) is 4.30. The zero-order valence-electron chi connectivity index (χ0n) is 14.7. The first-order valence-corrected chi connectivity index (χ1v) is 8.82. The number of pyridine rings is 1. The van der Waals surface area contributed by atoms with Gasteiger partial charge in [-0.15, -0.1) is 0 Å². The number of nitrogens with zero attached hydrogens (tertiary/aromatic N) is 2. The van der Waals surface area contributed by atoms with Crippen molar-refractivity contribution in [3.05, 3.63) is 59.8 Å². The molecule has 1 aliphatic carbocycles. The SMILES string of the molecule is Cc1ccccc1.OC1C[C@@H]2CN(c3cccc(C(F)(F)F)n3)C[C@@H]2C1. The van der Waals surface area contributed by atoms with Crippen molar-refractivity contribution in [2.24, 2.45) is 11.8 Å². The molecule has 2 aliphatic rings. The Bertz CT molecular complexity index is 706. The molecule has 26 heavy (non-hydrogen) atoms. The third-order valence-corrected chi connectivity index (χ3v) is 5.02. The second-order valence-electron chi connectivity index (χ2n) is 7.08. The van der Waals surface area contributed by atoms with Crippen molar-refractivity contribution in [3.63, 3.8) is 0 Å². The third kappa shape index (κ3) is 4.55. The van der Waals surface area contributed by atoms with Crippen LogP contribution in [0.2, 0.25) is 0 Å². The van der Waals surface area contributed by atoms with E-state index in [0.717, 1.165) is 18.9 Å². The minimum atomic E-state index is -4.40. The maximum atomic E-state index is 12.6. The highest BCUT2D eigenvalue weighted by Crippen LogP contribution is 2.39. The minimum absolute atomic E-state index is 0.244. The Labute approximate surface area is 151 Å². The van der Waals surface area contributed by atoms with Crippen LogP contribution in [0.3, 0.4) is 0 Å². The summed E-state index contributed by atoms with van der Waals surface area (Å²) in [4.78, 5) is 5.61. The highest BCUT2D eigenvalue weighted by Gasteiger charge is 2.41. The van der Waals surface area contributed by atoms with E-state index in [4.69, 9.17) is 0 Å². The van der Waals surface area contributed by atoms with Crippen molar-refractivity contribution in [1.82, 2.24) is 4.98 Å². The number of halogens is 3. The molecule has 3 atom stereocenters. The van der Waals surface area contributed by atoms with Gasteiger partial charge in [0.05, 0.1) is 6.10 Å². The van der Waals surface area contributed by atoms with Crippen LogP contribution in [0.5, 0.6) is 0 Å². The number of aliphatic hydroxyl groups is 1. The van der Waals surface area contributed by atoms with Gasteiger partial charge in [-0.25, -0.2) is 4.98 Å². The number of aromatic nitrogens is 1. The summed E-state index contributed by atoms with van der Waals surface area (Å²) in [5, 5.41) is 9.56. The Morgan fingerprint density at radius 2 is 1.58 bits per heavy atom. The first kappa shape index (κ1) is 18.7. The molecular weight excluding hydrogens is 341 g/mol. The molecule has 2 aromatic rings. The van der Waals surface area contributed by atoms with Crippen LogP contribution in [-0.4, -0.2) is 29.3 Å². The van der Waals surface area contributed by atoms with E-state index in [-0.39, 0.29) is 6.10 Å². The lowest BCUT2D eigenvalue weighted by Crippen LogP contribution is -2.24. The summed E-state index contributed by atoms with van der Waals surface area (Å²) in [6.45, 7) is 3.46. The maximum absolute atomic E-state index is 12.6. The fourth-order valence-electron chi connectivity index (χ4n) is 3.75. The normalized spacial score (nSPS) is 24.8. The van der Waals surface area contributed by atoms with Crippen LogP contribution in [0.1, 0.15) is 24.1 Å². The molecule has 0 radical (unpaired) electrons. The average Bonchev–Trinajstić information content (AvgIpc) is 3.13. The molecule has 0 bridgehead atoms. The lowest BCUT2D eigenvalue weighted by molar-refractivity contribution is -0.141. The second kappa shape index (κ2) is 7.66. The van der Waals surface area contributed by atoms with Gasteiger partial charge in [-0.05, 0) is 43.7 Å². The van der Waals surface area contributed by atoms with E-state index >= 15 is 0 Å². The average molecular weight is 364 g/mol. The van der Waals surface area contributed by atoms with Crippen LogP contribution in [0, 0.1) is 18.8 Å². The Balaban J connectivity index is 0.000000236. The first-order chi connectivity index (χ1) is 12.3. The molecule has 1 N–H and O–H groups in total. The number of hydrogen-bond acceptors (Lipinski definition) is 3. The number of hydrogen-bond donors (Lipinski definition) is 1. The summed E-state index contributed by atoms with van der Waals surface area (Å²) in [7, 11) is 0. The molecule has 3 nitrogen and oxygen atoms in total. The summed E-state index contributed by atoms with van der Waals surface area (Å²) in [5.41, 5.74) is 0.476. The molecule has 1 saturated heterocycles. The van der Waals surface area contributed by atoms with Crippen LogP contribution in [0.15, 0.2) is 48.5 Å². The first-order valence-electron chi connectivity index (χ1n) is 8.82. The highest BCUT2D eigenvalue weighted by atomic mass is 19.4. The van der Waals surface area contributed by atoms with E-state index in [9.17, 15) is 18.3 Å². The van der Waals surface area contributed by atoms with E-state index in [1.807, 2.05) is 23.1 Å². The molecule has 6 heteroatoms. The van der Waals surface area contributed by atoms with Gasteiger partial charge in [0.2, 0.25) is 0 Å². The summed E-state index contributed by atoms with van der Waals surface area (Å²) in [6.07, 6.45) is -3.14. The number of rotatable bonds is 1. The number of aliphatic hydroxyl groups excluding tert-OH is 1. The summed E-state index contributed by atoms with van der Waals surface area (Å²) in [6, 6.07) is 14.3. The number of anilines is 1. The largest absolute Gasteiger partial charge is 0.433 e. The zero-order chi connectivity index (χ0) is 18.7. The van der Waals surface area contributed by atoms with Crippen LogP contribution in [-0.2, 0) is 6.18 Å². The van der Waals surface area contributed by atoms with E-state index in [1.165, 1.54) is 11.6 Å². The molecule has 1 saturated carbocycles. The molecule has 1 unspecified atom stereocenters. The van der Waals surface area contributed by atoms with Gasteiger partial charge >= 0.3 is 6.18 Å². The Morgan fingerprint density at radius 1 is 0.962 bits per heavy atom. The van der Waals surface area contributed by atoms with Gasteiger partial charge in [0.15, 0.2) is 0 Å². The number of fused-ring (bicyclic) bond motifs is 1. The highest BCUT2D eigenvalue weighted by molar-refractivity contribution is 5.41. The summed E-state index contributed by atoms with van der Waals surface area (Å²) in [5.74, 6) is 1.15. The van der Waals surface area contributed by atoms with Crippen molar-refractivity contribution in [2.75, 3.05) is 18.0 Å². The molecular formula is C20H23F3N2O. The van der Waals surface area contributed by atoms with Gasteiger partial charge in [-0.3, -0.25) is 0 Å². The predicted molar refractivity (Wildman–Crippen MR) is 94.9 cm³/mol. The fourth-order valence-corrected chi connectivity index (χ4v) is 3.75. The lowest BCUT2D eigenvalue weighted by atomic mass is 10.0. The van der Waals surface area contributed by atoms with Gasteiger partial charge in [-0.2, -0.15) is 13.2 Å². The van der Waals surface area contributed by atoms with Crippen molar-refractivity contribution < 1.29 is 18.3 Å². The van der Waals surface area contributed by atoms with Crippen molar-refractivity contribution >= 4 is 5.82 Å². The Hall–Kier alpha value is -2.08. The molecule has 1 aromatic heterocycles. The van der Waals surface area contributed by atoms with Gasteiger partial charge < -0.3 is 10.0 Å². The summed E-state index contributed by atoms with van der Waals surface area (Å²) >= 11 is 0. The van der Waals surface area contributed by atoms with Crippen LogP contribution in [0.4, 0.5) is 19.0 Å². The molecule has 2 fully saturated rings. The zero-order valence-corrected chi connectivity index (χ0v) is 14.7. The molecule has 1 aliphatic heterocycles. The molecule has 2 heterocycles. The van der Waals surface area contributed by atoms with Crippen LogP contribution in [0.25, 0.3) is 0 Å². The number of benzene rings is 1. The van der Waals surface area contributed by atoms with Crippen molar-refractivity contribution in [2.45, 2.75) is 32.0 Å². The van der Waals surface area contributed by atoms with Crippen LogP contribution < -0.4 is 4.90 Å². The molecule has 0 amide bonds. The second-order valence-corrected chi connectivity index (χ2v) is 7.08. The van der Waals surface area contributed by atoms with Gasteiger partial charge in [0.25, 0.3) is 0 Å². The fraction of sp³-hybridized carbons (Fsp3) is 0.450. The van der Waals surface area contributed by atoms with E-state index in [0.29, 0.717) is 30.7 Å². The van der Waals surface area contributed by atoms with E-state index in [1.54, 1.807) is 6.07 Å². The molecule has 0 spiro atoms. The number of alkyl halides is 3. The van der Waals surface area contributed by atoms with E-state index < -0.39 is 11.9 Å². The van der Waals surface area contributed by atoms with Gasteiger partial charge in [0.1, 0.15) is 11.5 Å².